The molecule has 0 bridgehead atoms. The Morgan fingerprint density at radius 1 is 1.27 bits per heavy atom. The standard InChI is InChI=1S/C5H8F2O.C4H8F2O/c1-8-3-4-2-5(4,6)7;1-7-3-2-4(5)6/h4H,2-3H2,1H3;4H,2-3H2,1H3. The number of hydrogen-bond donors (Lipinski definition) is 0. The molecule has 0 radical (unpaired) electrons. The first-order valence-electron chi connectivity index (χ1n) is 4.58. The molecule has 1 rings (SSSR count). The monoisotopic (exact) mass is 232 g/mol. The van der Waals surface area contributed by atoms with Gasteiger partial charge in [-0.25, -0.2) is 17.6 Å². The van der Waals surface area contributed by atoms with E-state index < -0.39 is 18.3 Å². The molecule has 0 aromatic heterocycles. The van der Waals surface area contributed by atoms with Crippen LogP contribution >= 0.6 is 0 Å². The average molecular weight is 232 g/mol. The number of rotatable bonds is 5. The highest BCUT2D eigenvalue weighted by Gasteiger charge is 2.56. The fraction of sp³-hybridized carbons (Fsp3) is 1.00. The normalized spacial score (nSPS) is 22.2. The summed E-state index contributed by atoms with van der Waals surface area (Å²) in [6, 6.07) is 0. The van der Waals surface area contributed by atoms with Crippen LogP contribution in [-0.4, -0.2) is 39.8 Å². The molecule has 0 aromatic carbocycles. The molecule has 0 spiro atoms. The molecule has 6 heteroatoms. The van der Waals surface area contributed by atoms with Crippen LogP contribution in [-0.2, 0) is 9.47 Å². The fourth-order valence-electron chi connectivity index (χ4n) is 0.859. The molecule has 1 aliphatic carbocycles. The van der Waals surface area contributed by atoms with E-state index >= 15 is 0 Å². The van der Waals surface area contributed by atoms with E-state index in [2.05, 4.69) is 9.47 Å². The van der Waals surface area contributed by atoms with Gasteiger partial charge in [-0.3, -0.25) is 0 Å². The summed E-state index contributed by atoms with van der Waals surface area (Å²) >= 11 is 0. The first kappa shape index (κ1) is 14.6. The second-order valence-electron chi connectivity index (χ2n) is 3.29. The van der Waals surface area contributed by atoms with E-state index in [1.54, 1.807) is 0 Å². The molecule has 0 aliphatic heterocycles. The molecule has 2 nitrogen and oxygen atoms in total. The van der Waals surface area contributed by atoms with E-state index in [4.69, 9.17) is 0 Å². The molecule has 1 aliphatic rings. The summed E-state index contributed by atoms with van der Waals surface area (Å²) in [6.45, 7) is 0.352. The van der Waals surface area contributed by atoms with E-state index in [1.165, 1.54) is 14.2 Å². The largest absolute Gasteiger partial charge is 0.384 e. The minimum absolute atomic E-state index is 0.0147. The van der Waals surface area contributed by atoms with Crippen molar-refractivity contribution in [2.24, 2.45) is 5.92 Å². The molecule has 1 saturated carbocycles. The van der Waals surface area contributed by atoms with Gasteiger partial charge in [0.15, 0.2) is 0 Å². The van der Waals surface area contributed by atoms with E-state index in [-0.39, 0.29) is 26.1 Å². The minimum Gasteiger partial charge on any atom is -0.384 e. The molecule has 0 aromatic rings. The molecule has 1 fully saturated rings. The summed E-state index contributed by atoms with van der Waals surface area (Å²) < 4.78 is 55.0. The smallest absolute Gasteiger partial charge is 0.253 e. The van der Waals surface area contributed by atoms with Gasteiger partial charge in [0.25, 0.3) is 5.92 Å². The number of hydrogen-bond acceptors (Lipinski definition) is 2. The maximum Gasteiger partial charge on any atom is 0.253 e. The van der Waals surface area contributed by atoms with Gasteiger partial charge in [-0.1, -0.05) is 0 Å². The first-order chi connectivity index (χ1) is 6.94. The number of ether oxygens (including phenoxy) is 2. The molecular weight excluding hydrogens is 216 g/mol. The van der Waals surface area contributed by atoms with Gasteiger partial charge in [0.1, 0.15) is 0 Å². The second-order valence-corrected chi connectivity index (χ2v) is 3.29. The summed E-state index contributed by atoms with van der Waals surface area (Å²) in [6.07, 6.45) is -2.36. The number of halogens is 4. The maximum atomic E-state index is 11.9. The molecule has 0 N–H and O–H groups in total. The zero-order valence-electron chi connectivity index (χ0n) is 8.81. The lowest BCUT2D eigenvalue weighted by atomic mass is 10.4. The average Bonchev–Trinajstić information content (AvgIpc) is 2.72. The van der Waals surface area contributed by atoms with E-state index in [0.717, 1.165) is 0 Å². The van der Waals surface area contributed by atoms with Crippen LogP contribution in [0.15, 0.2) is 0 Å². The Kier molecular flexibility index (Phi) is 6.84. The predicted octanol–water partition coefficient (Wildman–Crippen LogP) is 2.58. The summed E-state index contributed by atoms with van der Waals surface area (Å²) in [5, 5.41) is 0. The van der Waals surface area contributed by atoms with Gasteiger partial charge in [-0.05, 0) is 0 Å². The highest BCUT2D eigenvalue weighted by atomic mass is 19.3. The lowest BCUT2D eigenvalue weighted by Crippen LogP contribution is -1.99. The SMILES string of the molecule is COCC1CC1(F)F.COCCC(F)F. The summed E-state index contributed by atoms with van der Waals surface area (Å²) in [7, 11) is 2.84. The second kappa shape index (κ2) is 7.00. The van der Waals surface area contributed by atoms with Crippen molar-refractivity contribution >= 4 is 0 Å². The third-order valence-corrected chi connectivity index (χ3v) is 1.86. The van der Waals surface area contributed by atoms with Crippen molar-refractivity contribution in [1.82, 2.24) is 0 Å². The van der Waals surface area contributed by atoms with Gasteiger partial charge < -0.3 is 9.47 Å². The Hall–Kier alpha value is -0.360. The summed E-state index contributed by atoms with van der Waals surface area (Å²) in [5.74, 6) is -2.90. The van der Waals surface area contributed by atoms with Gasteiger partial charge in [-0.15, -0.1) is 0 Å². The minimum atomic E-state index is -2.41. The maximum absolute atomic E-state index is 11.9. The van der Waals surface area contributed by atoms with Crippen LogP contribution in [0.4, 0.5) is 17.6 Å². The van der Waals surface area contributed by atoms with Crippen LogP contribution in [0.2, 0.25) is 0 Å². The third kappa shape index (κ3) is 7.56. The van der Waals surface area contributed by atoms with E-state index in [9.17, 15) is 17.6 Å². The molecule has 1 atom stereocenters. The Morgan fingerprint density at radius 2 is 1.80 bits per heavy atom. The lowest BCUT2D eigenvalue weighted by Gasteiger charge is -1.93. The van der Waals surface area contributed by atoms with Gasteiger partial charge in [-0.2, -0.15) is 0 Å². The Balaban J connectivity index is 0.000000265. The zero-order valence-corrected chi connectivity index (χ0v) is 8.81. The van der Waals surface area contributed by atoms with Crippen molar-refractivity contribution in [2.75, 3.05) is 27.4 Å². The number of alkyl halides is 4. The lowest BCUT2D eigenvalue weighted by molar-refractivity contribution is 0.0706. The fourth-order valence-corrected chi connectivity index (χ4v) is 0.859. The molecule has 15 heavy (non-hydrogen) atoms. The topological polar surface area (TPSA) is 18.5 Å². The summed E-state index contributed by atoms with van der Waals surface area (Å²) in [4.78, 5) is 0. The molecule has 0 saturated heterocycles. The van der Waals surface area contributed by atoms with Crippen LogP contribution in [0.1, 0.15) is 12.8 Å². The van der Waals surface area contributed by atoms with Crippen LogP contribution in [0.5, 0.6) is 0 Å². The third-order valence-electron chi connectivity index (χ3n) is 1.86. The van der Waals surface area contributed by atoms with Crippen molar-refractivity contribution in [1.29, 1.82) is 0 Å². The van der Waals surface area contributed by atoms with Crippen molar-refractivity contribution in [2.45, 2.75) is 25.2 Å². The first-order valence-corrected chi connectivity index (χ1v) is 4.58. The Bertz CT molecular complexity index is 164. The van der Waals surface area contributed by atoms with Gasteiger partial charge >= 0.3 is 0 Å². The van der Waals surface area contributed by atoms with Crippen LogP contribution in [0.3, 0.4) is 0 Å². The zero-order chi connectivity index (χ0) is 11.9. The van der Waals surface area contributed by atoms with Crippen molar-refractivity contribution < 1.29 is 27.0 Å². The molecule has 0 amide bonds. The van der Waals surface area contributed by atoms with Crippen LogP contribution in [0, 0.1) is 5.92 Å². The Morgan fingerprint density at radius 3 is 1.93 bits per heavy atom. The molecule has 0 heterocycles. The highest BCUT2D eigenvalue weighted by molar-refractivity contribution is 4.94. The van der Waals surface area contributed by atoms with Crippen molar-refractivity contribution in [3.8, 4) is 0 Å². The Labute approximate surface area is 86.5 Å². The highest BCUT2D eigenvalue weighted by Crippen LogP contribution is 2.48. The molecule has 1 unspecified atom stereocenters. The predicted molar refractivity (Wildman–Crippen MR) is 47.4 cm³/mol. The molecule has 92 valence electrons. The number of methoxy groups -OCH3 is 2. The van der Waals surface area contributed by atoms with Crippen molar-refractivity contribution in [3.05, 3.63) is 0 Å². The molecular formula is C9H16F4O2. The van der Waals surface area contributed by atoms with E-state index in [1.807, 2.05) is 0 Å². The van der Waals surface area contributed by atoms with Gasteiger partial charge in [0.05, 0.1) is 19.1 Å². The van der Waals surface area contributed by atoms with Gasteiger partial charge in [0, 0.05) is 27.1 Å². The summed E-state index contributed by atoms with van der Waals surface area (Å²) in [5.41, 5.74) is 0. The van der Waals surface area contributed by atoms with Crippen LogP contribution < -0.4 is 0 Å². The van der Waals surface area contributed by atoms with E-state index in [0.29, 0.717) is 0 Å². The van der Waals surface area contributed by atoms with Crippen molar-refractivity contribution in [3.63, 3.8) is 0 Å². The van der Waals surface area contributed by atoms with Gasteiger partial charge in [0.2, 0.25) is 6.43 Å². The van der Waals surface area contributed by atoms with Crippen LogP contribution in [0.25, 0.3) is 0 Å². The quantitative estimate of drug-likeness (QED) is 0.678.